The minimum atomic E-state index is -2.51. The summed E-state index contributed by atoms with van der Waals surface area (Å²) in [4.78, 5) is 0. The SMILES string of the molecule is Cc1cccc([Si](C2=[C]([Ti])CC=C2C(C)(C)C)(c2cccc(C)c2)c2cccc(C)c2)c1.Cl.Cl.Cl. The second kappa shape index (κ2) is 12.5. The van der Waals surface area contributed by atoms with E-state index in [0.717, 1.165) is 6.42 Å². The molecule has 0 fully saturated rings. The first-order valence-electron chi connectivity index (χ1n) is 11.5. The van der Waals surface area contributed by atoms with E-state index in [9.17, 15) is 0 Å². The smallest absolute Gasteiger partial charge is 0.147 e. The maximum atomic E-state index is 2.51. The summed E-state index contributed by atoms with van der Waals surface area (Å²) >= 11 is 2.37. The van der Waals surface area contributed by atoms with E-state index in [-0.39, 0.29) is 42.6 Å². The average Bonchev–Trinajstić information content (AvgIpc) is 3.11. The van der Waals surface area contributed by atoms with Crippen LogP contribution in [0.1, 0.15) is 43.9 Å². The predicted octanol–water partition coefficient (Wildman–Crippen LogP) is 7.06. The van der Waals surface area contributed by atoms with E-state index >= 15 is 0 Å². The number of rotatable bonds is 4. The van der Waals surface area contributed by atoms with Gasteiger partial charge in [0.05, 0.1) is 0 Å². The van der Waals surface area contributed by atoms with Gasteiger partial charge in [-0.15, -0.1) is 37.2 Å². The van der Waals surface area contributed by atoms with Crippen molar-refractivity contribution in [1.82, 2.24) is 0 Å². The normalized spacial score (nSPS) is 13.3. The molecule has 0 unspecified atom stereocenters. The molecular formula is C30H36Cl3SiTi. The average molecular weight is 579 g/mol. The summed E-state index contributed by atoms with van der Waals surface area (Å²) < 4.78 is 1.53. The Morgan fingerprint density at radius 3 is 1.34 bits per heavy atom. The van der Waals surface area contributed by atoms with Crippen LogP contribution in [0.25, 0.3) is 0 Å². The third-order valence-electron chi connectivity index (χ3n) is 6.62. The van der Waals surface area contributed by atoms with Crippen molar-refractivity contribution in [2.24, 2.45) is 5.41 Å². The quantitative estimate of drug-likeness (QED) is 0.230. The van der Waals surface area contributed by atoms with Crippen LogP contribution in [0.2, 0.25) is 0 Å². The maximum absolute atomic E-state index is 2.51. The molecule has 185 valence electrons. The third kappa shape index (κ3) is 6.09. The molecule has 0 aromatic heterocycles. The van der Waals surface area contributed by atoms with Gasteiger partial charge in [0.1, 0.15) is 0 Å². The summed E-state index contributed by atoms with van der Waals surface area (Å²) in [5.74, 6) is 0. The van der Waals surface area contributed by atoms with Crippen LogP contribution in [0.5, 0.6) is 0 Å². The summed E-state index contributed by atoms with van der Waals surface area (Å²) in [6, 6.07) is 28.0. The fourth-order valence-electron chi connectivity index (χ4n) is 5.25. The van der Waals surface area contributed by atoms with Gasteiger partial charge in [0.2, 0.25) is 0 Å². The molecule has 0 aliphatic heterocycles. The molecule has 5 heteroatoms. The number of allylic oxidation sites excluding steroid dienone is 4. The van der Waals surface area contributed by atoms with Crippen LogP contribution in [-0.4, -0.2) is 8.07 Å². The van der Waals surface area contributed by atoms with Gasteiger partial charge < -0.3 is 0 Å². The minimum absolute atomic E-state index is 0. The van der Waals surface area contributed by atoms with Crippen LogP contribution in [0.15, 0.2) is 93.5 Å². The minimum Gasteiger partial charge on any atom is -0.147 e. The first-order valence-corrected chi connectivity index (χ1v) is 14.3. The standard InChI is InChI=1S/C30H33Si.3ClH.Ti/c1-22-11-7-14-25(19-22)31(26-15-8-12-23(2)20-26,27-16-9-13-24(3)21-27)29-18-10-17-28(29)30(4,5)6;;;;/h7-9,11-17,19-21H,10H2,1-6H3;3*1H;. The first-order chi connectivity index (χ1) is 15.1. The Morgan fingerprint density at radius 2 is 1.03 bits per heavy atom. The summed E-state index contributed by atoms with van der Waals surface area (Å²) in [5.41, 5.74) is 5.63. The number of aryl methyl sites for hydroxylation is 3. The largest absolute Gasteiger partial charge is 0.147 e. The Kier molecular flexibility index (Phi) is 11.4. The van der Waals surface area contributed by atoms with Gasteiger partial charge in [-0.05, 0) is 0 Å². The first kappa shape index (κ1) is 32.0. The van der Waals surface area contributed by atoms with E-state index in [1.165, 1.54) is 41.7 Å². The van der Waals surface area contributed by atoms with Crippen molar-refractivity contribution in [1.29, 1.82) is 0 Å². The molecular weight excluding hydrogens is 543 g/mol. The van der Waals surface area contributed by atoms with Gasteiger partial charge in [-0.1, -0.05) is 0 Å². The zero-order chi connectivity index (χ0) is 23.1. The van der Waals surface area contributed by atoms with Crippen LogP contribution in [-0.2, 0) is 20.4 Å². The van der Waals surface area contributed by atoms with Gasteiger partial charge in [0.25, 0.3) is 0 Å². The van der Waals surface area contributed by atoms with Crippen molar-refractivity contribution in [2.75, 3.05) is 0 Å². The topological polar surface area (TPSA) is 0 Å². The molecule has 0 amide bonds. The zero-order valence-electron chi connectivity index (χ0n) is 21.4. The maximum Gasteiger partial charge on any atom is -0.147 e. The Balaban J connectivity index is 0.00000204. The monoisotopic (exact) mass is 577 g/mol. The molecule has 3 aromatic rings. The Hall–Kier alpha value is -1.06. The summed E-state index contributed by atoms with van der Waals surface area (Å²) in [6.45, 7) is 13.8. The second-order valence-electron chi connectivity index (χ2n) is 10.3. The van der Waals surface area contributed by atoms with Crippen LogP contribution >= 0.6 is 37.2 Å². The molecule has 0 saturated heterocycles. The molecule has 0 saturated carbocycles. The Morgan fingerprint density at radius 1 is 0.657 bits per heavy atom. The van der Waals surface area contributed by atoms with Crippen molar-refractivity contribution in [3.05, 3.63) is 110 Å². The molecule has 3 aromatic carbocycles. The number of hydrogen-bond acceptors (Lipinski definition) is 0. The molecule has 0 N–H and O–H groups in total. The molecule has 35 heavy (non-hydrogen) atoms. The van der Waals surface area contributed by atoms with Crippen molar-refractivity contribution in [3.8, 4) is 0 Å². The molecule has 1 aliphatic rings. The fourth-order valence-corrected chi connectivity index (χ4v) is 12.2. The van der Waals surface area contributed by atoms with Gasteiger partial charge in [-0.3, -0.25) is 0 Å². The molecule has 0 spiro atoms. The van der Waals surface area contributed by atoms with Crippen LogP contribution in [0, 0.1) is 26.2 Å². The van der Waals surface area contributed by atoms with Crippen molar-refractivity contribution in [2.45, 2.75) is 48.0 Å². The molecule has 0 radical (unpaired) electrons. The van der Waals surface area contributed by atoms with Gasteiger partial charge in [0.15, 0.2) is 0 Å². The van der Waals surface area contributed by atoms with Crippen molar-refractivity contribution >= 4 is 60.9 Å². The second-order valence-corrected chi connectivity index (χ2v) is 15.0. The molecule has 1 aliphatic carbocycles. The molecule has 4 rings (SSSR count). The van der Waals surface area contributed by atoms with Gasteiger partial charge in [-0.2, -0.15) is 0 Å². The van der Waals surface area contributed by atoms with Crippen molar-refractivity contribution in [3.63, 3.8) is 0 Å². The molecule has 0 bridgehead atoms. The van der Waals surface area contributed by atoms with Crippen LogP contribution in [0.4, 0.5) is 0 Å². The zero-order valence-corrected chi connectivity index (χ0v) is 26.4. The molecule has 0 atom stereocenters. The predicted molar refractivity (Wildman–Crippen MR) is 159 cm³/mol. The van der Waals surface area contributed by atoms with Gasteiger partial charge >= 0.3 is 208 Å². The summed E-state index contributed by atoms with van der Waals surface area (Å²) in [5, 5.41) is 6.08. The van der Waals surface area contributed by atoms with E-state index < -0.39 is 8.07 Å². The van der Waals surface area contributed by atoms with Crippen LogP contribution < -0.4 is 15.6 Å². The van der Waals surface area contributed by atoms with E-state index in [2.05, 4.69) is 141 Å². The van der Waals surface area contributed by atoms with E-state index in [4.69, 9.17) is 0 Å². The number of hydrogen-bond donors (Lipinski definition) is 0. The van der Waals surface area contributed by atoms with Gasteiger partial charge in [-0.25, -0.2) is 0 Å². The molecule has 0 heterocycles. The number of halogens is 3. The third-order valence-corrected chi connectivity index (χ3v) is 12.6. The van der Waals surface area contributed by atoms with Crippen molar-refractivity contribution < 1.29 is 20.4 Å². The molecule has 0 nitrogen and oxygen atoms in total. The fraction of sp³-hybridized carbons (Fsp3) is 0.267. The summed E-state index contributed by atoms with van der Waals surface area (Å²) in [7, 11) is -2.51. The Labute approximate surface area is 243 Å². The Bertz CT molecular complexity index is 1130. The summed E-state index contributed by atoms with van der Waals surface area (Å²) in [6.07, 6.45) is 3.56. The van der Waals surface area contributed by atoms with Gasteiger partial charge in [0, 0.05) is 0 Å². The van der Waals surface area contributed by atoms with E-state index in [1.807, 2.05) is 0 Å². The van der Waals surface area contributed by atoms with E-state index in [1.54, 1.807) is 5.20 Å². The number of benzene rings is 3. The van der Waals surface area contributed by atoms with E-state index in [0.29, 0.717) is 0 Å². The van der Waals surface area contributed by atoms with Crippen LogP contribution in [0.3, 0.4) is 0 Å².